The number of aromatic nitrogens is 3. The molecule has 0 unspecified atom stereocenters. The fourth-order valence-corrected chi connectivity index (χ4v) is 1.92. The molecule has 0 radical (unpaired) electrons. The third kappa shape index (κ3) is 3.65. The van der Waals surface area contributed by atoms with Gasteiger partial charge in [-0.2, -0.15) is 4.57 Å². The lowest BCUT2D eigenvalue weighted by Gasteiger charge is -2.03. The molecule has 0 spiro atoms. The number of nitrogens with zero attached hydrogens (tertiary/aromatic N) is 3. The van der Waals surface area contributed by atoms with Gasteiger partial charge in [-0.15, -0.1) is 0 Å². The van der Waals surface area contributed by atoms with Gasteiger partial charge in [0.05, 0.1) is 0 Å². The normalized spacial score (nSPS) is 9.64. The minimum atomic E-state index is -0.162. The van der Waals surface area contributed by atoms with Crippen molar-refractivity contribution in [3.63, 3.8) is 0 Å². The Morgan fingerprint density at radius 3 is 2.27 bits per heavy atom. The topological polar surface area (TPSA) is 58.8 Å². The van der Waals surface area contributed by atoms with E-state index in [9.17, 15) is 4.79 Å². The van der Waals surface area contributed by atoms with Gasteiger partial charge in [0, 0.05) is 48.7 Å². The van der Waals surface area contributed by atoms with E-state index in [0.717, 1.165) is 5.69 Å². The Bertz CT molecular complexity index is 750. The highest BCUT2D eigenvalue weighted by Gasteiger charge is 2.12. The van der Waals surface area contributed by atoms with Crippen LogP contribution in [-0.2, 0) is 0 Å². The van der Waals surface area contributed by atoms with E-state index >= 15 is 0 Å². The van der Waals surface area contributed by atoms with Crippen LogP contribution in [0.2, 0.25) is 0 Å². The molecule has 6 heteroatoms. The average Bonchev–Trinajstić information content (AvgIpc) is 2.57. The van der Waals surface area contributed by atoms with Gasteiger partial charge in [-0.1, -0.05) is 0 Å². The lowest BCUT2D eigenvalue weighted by Crippen LogP contribution is -3.00. The van der Waals surface area contributed by atoms with Crippen LogP contribution in [0.4, 0.5) is 5.69 Å². The molecule has 1 amide bonds. The molecular weight excluding hydrogens is 300 g/mol. The number of hydrogen-bond acceptors (Lipinski definition) is 3. The number of carbonyl (C=O) groups is 1. The summed E-state index contributed by atoms with van der Waals surface area (Å²) in [5.74, 6) is -0.162. The molecule has 0 aliphatic carbocycles. The smallest absolute Gasteiger partial charge is 0.261 e. The molecule has 0 saturated heterocycles. The molecule has 0 bridgehead atoms. The van der Waals surface area contributed by atoms with Gasteiger partial charge in [-0.3, -0.25) is 14.8 Å². The molecule has 1 N–H and O–H groups in total. The number of nitrogens with one attached hydrogen (secondary N) is 1. The second-order valence-electron chi connectivity index (χ2n) is 4.40. The van der Waals surface area contributed by atoms with Crippen LogP contribution in [0.25, 0.3) is 5.69 Å². The van der Waals surface area contributed by atoms with Gasteiger partial charge in [0.15, 0.2) is 12.4 Å². The predicted molar refractivity (Wildman–Crippen MR) is 78.0 cm³/mol. The van der Waals surface area contributed by atoms with Gasteiger partial charge in [-0.05, 0) is 18.2 Å². The molecule has 0 saturated carbocycles. The number of hydrogen-bond donors (Lipinski definition) is 1. The molecular formula is C16H13ClN4O. The molecule has 0 aromatic carbocycles. The van der Waals surface area contributed by atoms with Crippen LogP contribution in [0.1, 0.15) is 10.4 Å². The first kappa shape index (κ1) is 15.6. The second kappa shape index (κ2) is 7.28. The second-order valence-corrected chi connectivity index (χ2v) is 4.40. The van der Waals surface area contributed by atoms with Crippen molar-refractivity contribution in [1.29, 1.82) is 0 Å². The van der Waals surface area contributed by atoms with Crippen LogP contribution >= 0.6 is 0 Å². The fourth-order valence-electron chi connectivity index (χ4n) is 1.92. The highest BCUT2D eigenvalue weighted by atomic mass is 35.5. The Morgan fingerprint density at radius 1 is 0.955 bits per heavy atom. The first-order valence-electron chi connectivity index (χ1n) is 6.46. The van der Waals surface area contributed by atoms with Crippen molar-refractivity contribution in [3.8, 4) is 5.69 Å². The van der Waals surface area contributed by atoms with Crippen LogP contribution in [0.15, 0.2) is 73.6 Å². The Kier molecular flexibility index (Phi) is 5.16. The maximum atomic E-state index is 12.2. The summed E-state index contributed by atoms with van der Waals surface area (Å²) in [4.78, 5) is 20.1. The van der Waals surface area contributed by atoms with E-state index in [0.29, 0.717) is 11.3 Å². The molecule has 110 valence electrons. The number of anilines is 1. The maximum Gasteiger partial charge on any atom is 0.261 e. The van der Waals surface area contributed by atoms with Crippen molar-refractivity contribution >= 4 is 11.6 Å². The van der Waals surface area contributed by atoms with Crippen LogP contribution in [0.3, 0.4) is 0 Å². The third-order valence-corrected chi connectivity index (χ3v) is 2.96. The summed E-state index contributed by atoms with van der Waals surface area (Å²) < 4.78 is 1.88. The molecule has 22 heavy (non-hydrogen) atoms. The summed E-state index contributed by atoms with van der Waals surface area (Å²) in [5.41, 5.74) is 2.24. The lowest BCUT2D eigenvalue weighted by molar-refractivity contribution is -0.595. The average molecular weight is 313 g/mol. The van der Waals surface area contributed by atoms with Gasteiger partial charge in [0.25, 0.3) is 5.91 Å². The summed E-state index contributed by atoms with van der Waals surface area (Å²) in [6.45, 7) is 0. The summed E-state index contributed by atoms with van der Waals surface area (Å²) in [6, 6.07) is 10.9. The predicted octanol–water partition coefficient (Wildman–Crippen LogP) is -0.990. The van der Waals surface area contributed by atoms with E-state index < -0.39 is 0 Å². The number of carbonyl (C=O) groups excluding carboxylic acids is 1. The number of pyridine rings is 3. The van der Waals surface area contributed by atoms with Gasteiger partial charge < -0.3 is 17.7 Å². The fraction of sp³-hybridized carbons (Fsp3) is 0. The largest absolute Gasteiger partial charge is 1.00 e. The van der Waals surface area contributed by atoms with Crippen molar-refractivity contribution in [1.82, 2.24) is 9.97 Å². The van der Waals surface area contributed by atoms with E-state index in [1.54, 1.807) is 49.2 Å². The van der Waals surface area contributed by atoms with E-state index in [4.69, 9.17) is 0 Å². The first-order valence-corrected chi connectivity index (χ1v) is 6.46. The van der Waals surface area contributed by atoms with Crippen LogP contribution in [-0.4, -0.2) is 15.9 Å². The molecule has 0 aliphatic rings. The number of halogens is 1. The third-order valence-electron chi connectivity index (χ3n) is 2.96. The lowest BCUT2D eigenvalue weighted by atomic mass is 10.2. The Hall–Kier alpha value is -2.79. The minimum Gasteiger partial charge on any atom is -1.00 e. The van der Waals surface area contributed by atoms with E-state index in [1.807, 2.05) is 29.0 Å². The van der Waals surface area contributed by atoms with Crippen molar-refractivity contribution in [3.05, 3.63) is 79.1 Å². The van der Waals surface area contributed by atoms with Crippen molar-refractivity contribution in [2.45, 2.75) is 0 Å². The summed E-state index contributed by atoms with van der Waals surface area (Å²) >= 11 is 0. The monoisotopic (exact) mass is 312 g/mol. The zero-order chi connectivity index (χ0) is 14.5. The van der Waals surface area contributed by atoms with Crippen molar-refractivity contribution in [2.75, 3.05) is 5.32 Å². The van der Waals surface area contributed by atoms with E-state index in [2.05, 4.69) is 15.3 Å². The molecule has 0 fully saturated rings. The zero-order valence-electron chi connectivity index (χ0n) is 11.6. The van der Waals surface area contributed by atoms with Gasteiger partial charge in [0.1, 0.15) is 5.56 Å². The minimum absolute atomic E-state index is 0. The molecule has 3 aromatic heterocycles. The van der Waals surface area contributed by atoms with Gasteiger partial charge in [0.2, 0.25) is 5.69 Å². The summed E-state index contributed by atoms with van der Waals surface area (Å²) in [5, 5.41) is 2.83. The molecule has 0 atom stereocenters. The van der Waals surface area contributed by atoms with Crippen LogP contribution < -0.4 is 22.3 Å². The molecule has 3 aromatic rings. The molecule has 3 heterocycles. The van der Waals surface area contributed by atoms with Gasteiger partial charge in [-0.25, -0.2) is 0 Å². The van der Waals surface area contributed by atoms with Crippen LogP contribution in [0.5, 0.6) is 0 Å². The summed E-state index contributed by atoms with van der Waals surface area (Å²) in [7, 11) is 0. The van der Waals surface area contributed by atoms with Crippen LogP contribution in [0, 0.1) is 0 Å². The first-order chi connectivity index (χ1) is 10.3. The molecule has 3 rings (SSSR count). The highest BCUT2D eigenvalue weighted by molar-refractivity contribution is 6.03. The van der Waals surface area contributed by atoms with E-state index in [1.165, 1.54) is 0 Å². The van der Waals surface area contributed by atoms with Gasteiger partial charge >= 0.3 is 0 Å². The number of amides is 1. The molecule has 0 aliphatic heterocycles. The Morgan fingerprint density at radius 2 is 1.59 bits per heavy atom. The molecule has 5 nitrogen and oxygen atoms in total. The quantitative estimate of drug-likeness (QED) is 0.632. The SMILES string of the molecule is O=C(Nc1ccncc1)c1ccc[n+](-c2ccncc2)c1.[Cl-]. The zero-order valence-corrected chi connectivity index (χ0v) is 12.3. The van der Waals surface area contributed by atoms with Crippen molar-refractivity contribution in [2.24, 2.45) is 0 Å². The van der Waals surface area contributed by atoms with Crippen molar-refractivity contribution < 1.29 is 21.8 Å². The van der Waals surface area contributed by atoms with E-state index in [-0.39, 0.29) is 18.3 Å². The Labute approximate surface area is 134 Å². The number of rotatable bonds is 3. The standard InChI is InChI=1S/C16H12N4O.ClH/c21-16(19-14-3-7-17-8-4-14)13-2-1-11-20(12-13)15-5-9-18-10-6-15;/h1-12H;1H. The highest BCUT2D eigenvalue weighted by Crippen LogP contribution is 2.07. The maximum absolute atomic E-state index is 12.2. The Balaban J connectivity index is 0.00000176. The summed E-state index contributed by atoms with van der Waals surface area (Å²) in [6.07, 6.45) is 10.4.